The molecule has 2 aromatic rings. The number of thioether (sulfide) groups is 1. The highest BCUT2D eigenvalue weighted by atomic mass is 32.2. The Kier molecular flexibility index (Phi) is 6.85. The van der Waals surface area contributed by atoms with Gasteiger partial charge >= 0.3 is 6.03 Å². The van der Waals surface area contributed by atoms with Crippen LogP contribution in [0.1, 0.15) is 6.92 Å². The van der Waals surface area contributed by atoms with Crippen molar-refractivity contribution in [1.29, 1.82) is 0 Å². The van der Waals surface area contributed by atoms with E-state index >= 15 is 0 Å². The minimum Gasteiger partial charge on any atom is -0.334 e. The molecule has 1 aromatic carbocycles. The van der Waals surface area contributed by atoms with Crippen LogP contribution in [0.5, 0.6) is 0 Å². The molecule has 0 saturated carbocycles. The Balaban J connectivity index is 2.00. The molecule has 26 heavy (non-hydrogen) atoms. The van der Waals surface area contributed by atoms with Gasteiger partial charge < -0.3 is 10.6 Å². The topological polar surface area (TPSA) is 131 Å². The fourth-order valence-corrected chi connectivity index (χ4v) is 2.54. The number of tetrazole rings is 1. The van der Waals surface area contributed by atoms with Gasteiger partial charge in [0.25, 0.3) is 0 Å². The second-order valence-corrected chi connectivity index (χ2v) is 5.88. The first-order valence-corrected chi connectivity index (χ1v) is 8.46. The van der Waals surface area contributed by atoms with Gasteiger partial charge in [0.05, 0.1) is 11.4 Å². The molecule has 1 heterocycles. The zero-order valence-corrected chi connectivity index (χ0v) is 14.7. The first-order valence-electron chi connectivity index (χ1n) is 7.47. The molecule has 3 N–H and O–H groups in total. The number of amides is 4. The van der Waals surface area contributed by atoms with Crippen molar-refractivity contribution in [2.75, 3.05) is 17.6 Å². The number of rotatable bonds is 7. The number of nitrogens with zero attached hydrogens (tertiary/aromatic N) is 4. The van der Waals surface area contributed by atoms with E-state index in [9.17, 15) is 14.4 Å². The zero-order valence-electron chi connectivity index (χ0n) is 13.9. The molecule has 0 unspecified atom stereocenters. The molecule has 10 nitrogen and oxygen atoms in total. The van der Waals surface area contributed by atoms with Gasteiger partial charge in [-0.3, -0.25) is 14.9 Å². The van der Waals surface area contributed by atoms with Gasteiger partial charge in [0.15, 0.2) is 0 Å². The van der Waals surface area contributed by atoms with Crippen molar-refractivity contribution < 1.29 is 14.4 Å². The summed E-state index contributed by atoms with van der Waals surface area (Å²) in [4.78, 5) is 34.4. The molecule has 0 aliphatic heterocycles. The Morgan fingerprint density at radius 1 is 1.35 bits per heavy atom. The highest BCUT2D eigenvalue weighted by Crippen LogP contribution is 2.20. The number of aromatic nitrogens is 4. The number of carbonyl (C=O) groups excluding carboxylic acids is 3. The molecule has 0 atom stereocenters. The number of hydrogen-bond acceptors (Lipinski definition) is 7. The van der Waals surface area contributed by atoms with Crippen LogP contribution in [0.25, 0.3) is 5.69 Å². The largest absolute Gasteiger partial charge is 0.334 e. The van der Waals surface area contributed by atoms with Gasteiger partial charge in [-0.1, -0.05) is 23.9 Å². The van der Waals surface area contributed by atoms with E-state index in [-0.39, 0.29) is 18.2 Å². The van der Waals surface area contributed by atoms with E-state index in [2.05, 4.69) is 38.1 Å². The maximum Gasteiger partial charge on any atom is 0.321 e. The predicted molar refractivity (Wildman–Crippen MR) is 95.9 cm³/mol. The number of nitrogens with one attached hydrogen (secondary N) is 3. The second kappa shape index (κ2) is 9.32. The number of anilines is 1. The average molecular weight is 375 g/mol. The average Bonchev–Trinajstić information content (AvgIpc) is 3.06. The summed E-state index contributed by atoms with van der Waals surface area (Å²) in [5.74, 6) is -0.731. The summed E-state index contributed by atoms with van der Waals surface area (Å²) in [6, 6.07) is 6.34. The van der Waals surface area contributed by atoms with Crippen molar-refractivity contribution in [1.82, 2.24) is 30.8 Å². The van der Waals surface area contributed by atoms with E-state index in [1.165, 1.54) is 17.7 Å². The van der Waals surface area contributed by atoms with E-state index in [1.807, 2.05) is 0 Å². The molecule has 1 aromatic heterocycles. The van der Waals surface area contributed by atoms with Crippen molar-refractivity contribution in [2.45, 2.75) is 12.1 Å². The Morgan fingerprint density at radius 3 is 2.88 bits per heavy atom. The van der Waals surface area contributed by atoms with Gasteiger partial charge in [0, 0.05) is 19.2 Å². The first kappa shape index (κ1) is 19.1. The zero-order chi connectivity index (χ0) is 18.9. The molecule has 11 heteroatoms. The molecule has 0 aliphatic carbocycles. The third-order valence-electron chi connectivity index (χ3n) is 2.84. The van der Waals surface area contributed by atoms with Crippen LogP contribution in [0.15, 0.2) is 42.1 Å². The van der Waals surface area contributed by atoms with Crippen LogP contribution in [0, 0.1) is 0 Å². The molecule has 136 valence electrons. The first-order chi connectivity index (χ1) is 12.5. The van der Waals surface area contributed by atoms with Gasteiger partial charge in [0.2, 0.25) is 17.0 Å². The Bertz CT molecular complexity index is 821. The monoisotopic (exact) mass is 375 g/mol. The second-order valence-electron chi connectivity index (χ2n) is 4.94. The van der Waals surface area contributed by atoms with E-state index in [1.54, 1.807) is 24.3 Å². The summed E-state index contributed by atoms with van der Waals surface area (Å²) in [5.41, 5.74) is 1.21. The van der Waals surface area contributed by atoms with Gasteiger partial charge in [0.1, 0.15) is 0 Å². The number of carbonyl (C=O) groups is 3. The predicted octanol–water partition coefficient (Wildman–Crippen LogP) is 0.725. The van der Waals surface area contributed by atoms with Gasteiger partial charge in [-0.05, 0) is 28.6 Å². The maximum absolute atomic E-state index is 11.8. The molecule has 0 aliphatic rings. The summed E-state index contributed by atoms with van der Waals surface area (Å²) in [6.07, 6.45) is 1.50. The van der Waals surface area contributed by atoms with Gasteiger partial charge in [-0.25, -0.2) is 4.79 Å². The molecule has 0 radical (unpaired) electrons. The lowest BCUT2D eigenvalue weighted by molar-refractivity contribution is -0.117. The summed E-state index contributed by atoms with van der Waals surface area (Å²) in [6.45, 7) is 5.13. The van der Waals surface area contributed by atoms with Gasteiger partial charge in [-0.2, -0.15) is 4.68 Å². The highest BCUT2D eigenvalue weighted by molar-refractivity contribution is 7.99. The fourth-order valence-electron chi connectivity index (χ4n) is 1.85. The van der Waals surface area contributed by atoms with Crippen LogP contribution >= 0.6 is 11.8 Å². The molecular formula is C15H17N7O3S. The van der Waals surface area contributed by atoms with Crippen LogP contribution in [-0.2, 0) is 9.59 Å². The molecule has 4 amide bonds. The molecule has 2 rings (SSSR count). The van der Waals surface area contributed by atoms with Gasteiger partial charge in [-0.15, -0.1) is 11.7 Å². The standard InChI is InChI=1S/C15H17N7O3S/c1-3-7-16-14(25)18-13(24)9-26-15-19-20-21-22(15)12-6-4-5-11(8-12)17-10(2)23/h3-6,8H,1,7,9H2,2H3,(H,17,23)(H2,16,18,24,25). The molecule has 0 spiro atoms. The van der Waals surface area contributed by atoms with Crippen LogP contribution in [0.4, 0.5) is 10.5 Å². The van der Waals surface area contributed by atoms with Crippen molar-refractivity contribution >= 4 is 35.3 Å². The summed E-state index contributed by atoms with van der Waals surface area (Å²) >= 11 is 1.07. The third kappa shape index (κ3) is 5.70. The van der Waals surface area contributed by atoms with E-state index in [4.69, 9.17) is 0 Å². The highest BCUT2D eigenvalue weighted by Gasteiger charge is 2.13. The van der Waals surface area contributed by atoms with Crippen LogP contribution < -0.4 is 16.0 Å². The fraction of sp³-hybridized carbons (Fsp3) is 0.200. The minimum absolute atomic E-state index is 0.0483. The van der Waals surface area contributed by atoms with Crippen LogP contribution in [-0.4, -0.2) is 50.4 Å². The number of hydrogen-bond donors (Lipinski definition) is 3. The van der Waals surface area contributed by atoms with Crippen LogP contribution in [0.2, 0.25) is 0 Å². The molecular weight excluding hydrogens is 358 g/mol. The Hall–Kier alpha value is -3.21. The number of imide groups is 1. The quantitative estimate of drug-likeness (QED) is 0.480. The SMILES string of the molecule is C=CCNC(=O)NC(=O)CSc1nnnn1-c1cccc(NC(C)=O)c1. The lowest BCUT2D eigenvalue weighted by atomic mass is 10.3. The molecule has 0 saturated heterocycles. The van der Waals surface area contributed by atoms with Crippen molar-refractivity contribution in [3.05, 3.63) is 36.9 Å². The summed E-state index contributed by atoms with van der Waals surface area (Å²) in [7, 11) is 0. The smallest absolute Gasteiger partial charge is 0.321 e. The minimum atomic E-state index is -0.599. The Morgan fingerprint density at radius 2 is 2.15 bits per heavy atom. The molecule has 0 bridgehead atoms. The normalized spacial score (nSPS) is 10.0. The van der Waals surface area contributed by atoms with E-state index in [0.717, 1.165) is 11.8 Å². The van der Waals surface area contributed by atoms with Crippen LogP contribution in [0.3, 0.4) is 0 Å². The maximum atomic E-state index is 11.8. The number of urea groups is 1. The van der Waals surface area contributed by atoms with Crippen molar-refractivity contribution in [3.8, 4) is 5.69 Å². The summed E-state index contributed by atoms with van der Waals surface area (Å²) < 4.78 is 1.43. The third-order valence-corrected chi connectivity index (χ3v) is 3.76. The lowest BCUT2D eigenvalue weighted by Gasteiger charge is -2.07. The Labute approximate surface area is 153 Å². The van der Waals surface area contributed by atoms with E-state index in [0.29, 0.717) is 16.5 Å². The summed E-state index contributed by atoms with van der Waals surface area (Å²) in [5, 5.41) is 19.0. The number of benzene rings is 1. The lowest BCUT2D eigenvalue weighted by Crippen LogP contribution is -2.40. The molecule has 0 fully saturated rings. The van der Waals surface area contributed by atoms with Crippen molar-refractivity contribution in [2.24, 2.45) is 0 Å². The van der Waals surface area contributed by atoms with E-state index < -0.39 is 11.9 Å². The van der Waals surface area contributed by atoms with Crippen molar-refractivity contribution in [3.63, 3.8) is 0 Å².